The molecule has 8 nitrogen and oxygen atoms in total. The molecule has 2 aromatic carbocycles. The molecule has 0 atom stereocenters. The average Bonchev–Trinajstić information content (AvgIpc) is 2.74. The summed E-state index contributed by atoms with van der Waals surface area (Å²) in [5.41, 5.74) is 2.30. The van der Waals surface area contributed by atoms with Crippen LogP contribution >= 0.6 is 11.6 Å². The summed E-state index contributed by atoms with van der Waals surface area (Å²) in [6.45, 7) is 3.12. The second-order valence-electron chi connectivity index (χ2n) is 7.14. The summed E-state index contributed by atoms with van der Waals surface area (Å²) in [5.74, 6) is -0.0346. The Labute approximate surface area is 180 Å². The number of sulfonamides is 1. The second kappa shape index (κ2) is 8.43. The average molecular weight is 452 g/mol. The van der Waals surface area contributed by atoms with Crippen molar-refractivity contribution in [1.29, 1.82) is 0 Å². The SMILES string of the molecule is CN(Cc1ccc(N2CCOCC2)cc1)S(=O)(=O)c1cc2c(cc1Cl)NC(=O)CO2. The van der Waals surface area contributed by atoms with Crippen LogP contribution < -0.4 is 15.0 Å². The Bertz CT molecular complexity index is 1050. The van der Waals surface area contributed by atoms with Crippen LogP contribution in [0.1, 0.15) is 5.56 Å². The van der Waals surface area contributed by atoms with Crippen LogP contribution in [0.25, 0.3) is 0 Å². The molecule has 2 aliphatic rings. The van der Waals surface area contributed by atoms with Crippen molar-refractivity contribution in [2.45, 2.75) is 11.4 Å². The monoisotopic (exact) mass is 451 g/mol. The van der Waals surface area contributed by atoms with E-state index in [4.69, 9.17) is 21.1 Å². The normalized spacial score (nSPS) is 16.8. The first-order valence-electron chi connectivity index (χ1n) is 9.49. The van der Waals surface area contributed by atoms with Crippen molar-refractivity contribution in [3.8, 4) is 5.75 Å². The first-order chi connectivity index (χ1) is 14.3. The lowest BCUT2D eigenvalue weighted by atomic mass is 10.2. The fourth-order valence-corrected chi connectivity index (χ4v) is 5.10. The Kier molecular flexibility index (Phi) is 5.88. The lowest BCUT2D eigenvalue weighted by molar-refractivity contribution is -0.118. The number of anilines is 2. The highest BCUT2D eigenvalue weighted by Crippen LogP contribution is 2.36. The van der Waals surface area contributed by atoms with E-state index in [1.807, 2.05) is 24.3 Å². The zero-order valence-corrected chi connectivity index (χ0v) is 18.0. The Hall–Kier alpha value is -2.33. The molecule has 0 saturated carbocycles. The van der Waals surface area contributed by atoms with Crippen molar-refractivity contribution in [2.24, 2.45) is 0 Å². The first kappa shape index (κ1) is 20.9. The molecule has 2 heterocycles. The number of ether oxygens (including phenoxy) is 2. The topological polar surface area (TPSA) is 88.2 Å². The molecule has 1 fully saturated rings. The van der Waals surface area contributed by atoms with Gasteiger partial charge in [-0.25, -0.2) is 8.42 Å². The summed E-state index contributed by atoms with van der Waals surface area (Å²) in [7, 11) is -2.36. The molecule has 2 aliphatic heterocycles. The number of halogens is 1. The minimum absolute atomic E-state index is 0.0223. The van der Waals surface area contributed by atoms with Gasteiger partial charge in [-0.05, 0) is 23.8 Å². The van der Waals surface area contributed by atoms with Crippen molar-refractivity contribution < 1.29 is 22.7 Å². The van der Waals surface area contributed by atoms with Crippen LogP contribution in [0.4, 0.5) is 11.4 Å². The Morgan fingerprint density at radius 3 is 2.57 bits per heavy atom. The predicted octanol–water partition coefficient (Wildman–Crippen LogP) is 2.33. The van der Waals surface area contributed by atoms with Gasteiger partial charge in [0.15, 0.2) is 6.61 Å². The lowest BCUT2D eigenvalue weighted by Gasteiger charge is -2.29. The maximum absolute atomic E-state index is 13.1. The van der Waals surface area contributed by atoms with Crippen LogP contribution in [0.2, 0.25) is 5.02 Å². The third-order valence-electron chi connectivity index (χ3n) is 5.07. The molecule has 2 aromatic rings. The Balaban J connectivity index is 1.51. The van der Waals surface area contributed by atoms with Gasteiger partial charge < -0.3 is 19.7 Å². The van der Waals surface area contributed by atoms with Crippen molar-refractivity contribution in [2.75, 3.05) is 50.2 Å². The van der Waals surface area contributed by atoms with Gasteiger partial charge in [-0.3, -0.25) is 4.79 Å². The number of nitrogens with one attached hydrogen (secondary N) is 1. The molecule has 1 saturated heterocycles. The molecule has 1 amide bonds. The summed E-state index contributed by atoms with van der Waals surface area (Å²) in [6.07, 6.45) is 0. The molecular weight excluding hydrogens is 430 g/mol. The van der Waals surface area contributed by atoms with Gasteiger partial charge in [0.05, 0.1) is 23.9 Å². The summed E-state index contributed by atoms with van der Waals surface area (Å²) in [5, 5.41) is 2.63. The number of carbonyl (C=O) groups excluding carboxylic acids is 1. The molecule has 0 spiro atoms. The minimum atomic E-state index is -3.86. The largest absolute Gasteiger partial charge is 0.482 e. The van der Waals surface area contributed by atoms with E-state index in [9.17, 15) is 13.2 Å². The number of rotatable bonds is 5. The lowest BCUT2D eigenvalue weighted by Crippen LogP contribution is -2.36. The van der Waals surface area contributed by atoms with E-state index in [2.05, 4.69) is 10.2 Å². The van der Waals surface area contributed by atoms with E-state index in [1.54, 1.807) is 0 Å². The van der Waals surface area contributed by atoms with Gasteiger partial charge in [0, 0.05) is 38.4 Å². The van der Waals surface area contributed by atoms with Crippen molar-refractivity contribution in [3.05, 3.63) is 47.0 Å². The zero-order valence-electron chi connectivity index (χ0n) is 16.4. The smallest absolute Gasteiger partial charge is 0.262 e. The third kappa shape index (κ3) is 4.24. The number of amides is 1. The zero-order chi connectivity index (χ0) is 21.3. The molecular formula is C20H22ClN3O5S. The summed E-state index contributed by atoms with van der Waals surface area (Å²) < 4.78 is 38.1. The van der Waals surface area contributed by atoms with E-state index < -0.39 is 10.0 Å². The van der Waals surface area contributed by atoms with Crippen molar-refractivity contribution in [3.63, 3.8) is 0 Å². The minimum Gasteiger partial charge on any atom is -0.482 e. The summed E-state index contributed by atoms with van der Waals surface area (Å²) >= 11 is 6.22. The molecule has 0 aliphatic carbocycles. The highest BCUT2D eigenvalue weighted by atomic mass is 35.5. The molecule has 4 rings (SSSR count). The van der Waals surface area contributed by atoms with E-state index in [1.165, 1.54) is 23.5 Å². The van der Waals surface area contributed by atoms with E-state index in [-0.39, 0.29) is 34.7 Å². The molecule has 0 radical (unpaired) electrons. The maximum Gasteiger partial charge on any atom is 0.262 e. The molecule has 10 heteroatoms. The van der Waals surface area contributed by atoms with Crippen LogP contribution in [0, 0.1) is 0 Å². The Morgan fingerprint density at radius 2 is 1.87 bits per heavy atom. The van der Waals surface area contributed by atoms with Crippen molar-refractivity contribution in [1.82, 2.24) is 4.31 Å². The van der Waals surface area contributed by atoms with Gasteiger partial charge >= 0.3 is 0 Å². The van der Waals surface area contributed by atoms with Gasteiger partial charge in [0.25, 0.3) is 5.91 Å². The fraction of sp³-hybridized carbons (Fsp3) is 0.350. The molecule has 0 aromatic heterocycles. The predicted molar refractivity (Wildman–Crippen MR) is 114 cm³/mol. The van der Waals surface area contributed by atoms with Gasteiger partial charge in [-0.15, -0.1) is 0 Å². The fourth-order valence-electron chi connectivity index (χ4n) is 3.42. The summed E-state index contributed by atoms with van der Waals surface area (Å²) in [6, 6.07) is 10.6. The molecule has 0 bridgehead atoms. The highest BCUT2D eigenvalue weighted by molar-refractivity contribution is 7.89. The second-order valence-corrected chi connectivity index (χ2v) is 9.56. The number of benzene rings is 2. The third-order valence-corrected chi connectivity index (χ3v) is 7.34. The number of fused-ring (bicyclic) bond motifs is 1. The number of nitrogens with zero attached hydrogens (tertiary/aromatic N) is 2. The molecule has 1 N–H and O–H groups in total. The molecule has 30 heavy (non-hydrogen) atoms. The highest BCUT2D eigenvalue weighted by Gasteiger charge is 2.28. The van der Waals surface area contributed by atoms with Gasteiger partial charge in [-0.1, -0.05) is 23.7 Å². The maximum atomic E-state index is 13.1. The van der Waals surface area contributed by atoms with Gasteiger partial charge in [0.1, 0.15) is 10.6 Å². The van der Waals surface area contributed by atoms with Gasteiger partial charge in [-0.2, -0.15) is 4.31 Å². The number of morpholine rings is 1. The number of hydrogen-bond acceptors (Lipinski definition) is 6. The van der Waals surface area contributed by atoms with E-state index >= 15 is 0 Å². The van der Waals surface area contributed by atoms with Crippen LogP contribution in [0.15, 0.2) is 41.3 Å². The number of hydrogen-bond donors (Lipinski definition) is 1. The standard InChI is InChI=1S/C20H22ClN3O5S/c1-23(12-14-2-4-15(5-3-14)24-6-8-28-9-7-24)30(26,27)19-11-18-17(10-16(19)21)22-20(25)13-29-18/h2-5,10-11H,6-9,12-13H2,1H3,(H,22,25). The van der Waals surface area contributed by atoms with Crippen LogP contribution in [-0.2, 0) is 26.1 Å². The van der Waals surface area contributed by atoms with E-state index in [0.717, 1.165) is 24.3 Å². The van der Waals surface area contributed by atoms with Gasteiger partial charge in [0.2, 0.25) is 10.0 Å². The van der Waals surface area contributed by atoms with Crippen LogP contribution in [-0.4, -0.2) is 58.6 Å². The van der Waals surface area contributed by atoms with Crippen LogP contribution in [0.5, 0.6) is 5.75 Å². The summed E-state index contributed by atoms with van der Waals surface area (Å²) in [4.78, 5) is 13.6. The molecule has 0 unspecified atom stereocenters. The Morgan fingerprint density at radius 1 is 1.17 bits per heavy atom. The van der Waals surface area contributed by atoms with Crippen LogP contribution in [0.3, 0.4) is 0 Å². The number of carbonyl (C=O) groups is 1. The molecule has 160 valence electrons. The quantitative estimate of drug-likeness (QED) is 0.750. The first-order valence-corrected chi connectivity index (χ1v) is 11.3. The van der Waals surface area contributed by atoms with Crippen molar-refractivity contribution >= 4 is 38.9 Å². The van der Waals surface area contributed by atoms with E-state index in [0.29, 0.717) is 18.9 Å².